The molecule has 2 aromatic carbocycles. The summed E-state index contributed by atoms with van der Waals surface area (Å²) in [5.41, 5.74) is 0.579. The first-order chi connectivity index (χ1) is 16.5. The van der Waals surface area contributed by atoms with E-state index in [2.05, 4.69) is 5.32 Å². The molecule has 0 saturated heterocycles. The second-order valence-corrected chi connectivity index (χ2v) is 10.8. The fraction of sp³-hybridized carbons (Fsp3) is 0.440. The molecule has 0 bridgehead atoms. The summed E-state index contributed by atoms with van der Waals surface area (Å²) < 4.78 is 53.0. The number of rotatable bonds is 9. The maximum absolute atomic E-state index is 13.8. The molecular weight excluding hydrogens is 476 g/mol. The molecule has 3 rings (SSSR count). The first-order valence-electron chi connectivity index (χ1n) is 11.6. The lowest BCUT2D eigenvalue weighted by molar-refractivity contribution is -0.139. The van der Waals surface area contributed by atoms with E-state index in [-0.39, 0.29) is 24.2 Å². The number of hydrogen-bond acceptors (Lipinski definition) is 4. The molecule has 0 aromatic heterocycles. The van der Waals surface area contributed by atoms with Gasteiger partial charge in [-0.2, -0.15) is 0 Å². The highest BCUT2D eigenvalue weighted by molar-refractivity contribution is 7.92. The second-order valence-electron chi connectivity index (χ2n) is 8.92. The Morgan fingerprint density at radius 1 is 1.03 bits per heavy atom. The number of nitrogens with zero attached hydrogens (tertiary/aromatic N) is 2. The van der Waals surface area contributed by atoms with Gasteiger partial charge < -0.3 is 10.2 Å². The van der Waals surface area contributed by atoms with E-state index in [9.17, 15) is 26.8 Å². The predicted octanol–water partition coefficient (Wildman–Crippen LogP) is 3.60. The van der Waals surface area contributed by atoms with E-state index in [4.69, 9.17) is 0 Å². The maximum Gasteiger partial charge on any atom is 0.244 e. The zero-order chi connectivity index (χ0) is 25.6. The molecule has 0 spiro atoms. The summed E-state index contributed by atoms with van der Waals surface area (Å²) in [5.74, 6) is -2.07. The number of benzene rings is 2. The number of anilines is 1. The summed E-state index contributed by atoms with van der Waals surface area (Å²) in [6.07, 6.45) is 5.83. The van der Waals surface area contributed by atoms with Crippen LogP contribution in [0.3, 0.4) is 0 Å². The van der Waals surface area contributed by atoms with Gasteiger partial charge in [0, 0.05) is 12.6 Å². The van der Waals surface area contributed by atoms with Crippen molar-refractivity contribution in [1.29, 1.82) is 0 Å². The molecule has 1 fully saturated rings. The van der Waals surface area contributed by atoms with Crippen LogP contribution in [0.15, 0.2) is 48.5 Å². The summed E-state index contributed by atoms with van der Waals surface area (Å²) >= 11 is 0. The van der Waals surface area contributed by atoms with E-state index < -0.39 is 40.2 Å². The second kappa shape index (κ2) is 11.6. The number of amides is 2. The lowest BCUT2D eigenvalue weighted by Gasteiger charge is -2.33. The van der Waals surface area contributed by atoms with Crippen molar-refractivity contribution in [3.8, 4) is 0 Å². The minimum atomic E-state index is -3.94. The number of carbonyl (C=O) groups excluding carboxylic acids is 2. The summed E-state index contributed by atoms with van der Waals surface area (Å²) in [7, 11) is -3.94. The normalized spacial score (nSPS) is 15.3. The van der Waals surface area contributed by atoms with Gasteiger partial charge in [0.25, 0.3) is 0 Å². The minimum Gasteiger partial charge on any atom is -0.352 e. The number of sulfonamides is 1. The Bertz CT molecular complexity index is 1140. The Hall–Kier alpha value is -3.01. The zero-order valence-electron chi connectivity index (χ0n) is 19.9. The Labute approximate surface area is 205 Å². The molecule has 7 nitrogen and oxygen atoms in total. The van der Waals surface area contributed by atoms with E-state index in [1.54, 1.807) is 6.92 Å². The Balaban J connectivity index is 1.86. The van der Waals surface area contributed by atoms with Gasteiger partial charge in [0.15, 0.2) is 0 Å². The lowest BCUT2D eigenvalue weighted by atomic mass is 9.95. The van der Waals surface area contributed by atoms with Crippen molar-refractivity contribution < 1.29 is 26.8 Å². The van der Waals surface area contributed by atoms with Crippen LogP contribution in [0.25, 0.3) is 0 Å². The summed E-state index contributed by atoms with van der Waals surface area (Å²) in [6.45, 7) is 0.927. The van der Waals surface area contributed by atoms with Crippen molar-refractivity contribution in [3.05, 3.63) is 65.7 Å². The molecule has 10 heteroatoms. The highest BCUT2D eigenvalue weighted by Crippen LogP contribution is 2.21. The van der Waals surface area contributed by atoms with Crippen molar-refractivity contribution in [2.75, 3.05) is 17.1 Å². The van der Waals surface area contributed by atoms with E-state index in [1.807, 2.05) is 0 Å². The molecule has 0 aliphatic heterocycles. The number of hydrogen-bond donors (Lipinski definition) is 1. The SMILES string of the molecule is C[C@H](C(=O)NC1CCCCC1)N(Cc1ccc(F)cc1)C(=O)CN(c1cccc(F)c1)S(C)(=O)=O. The number of carbonyl (C=O) groups is 2. The fourth-order valence-electron chi connectivity index (χ4n) is 4.18. The molecule has 0 unspecified atom stereocenters. The van der Waals surface area contributed by atoms with Crippen LogP contribution in [0.5, 0.6) is 0 Å². The van der Waals surface area contributed by atoms with Crippen LogP contribution in [-0.2, 0) is 26.2 Å². The predicted molar refractivity (Wildman–Crippen MR) is 130 cm³/mol. The molecular formula is C25H31F2N3O4S. The quantitative estimate of drug-likeness (QED) is 0.562. The third-order valence-corrected chi connectivity index (χ3v) is 7.30. The number of halogens is 2. The van der Waals surface area contributed by atoms with Gasteiger partial charge in [-0.3, -0.25) is 13.9 Å². The van der Waals surface area contributed by atoms with E-state index >= 15 is 0 Å². The first kappa shape index (κ1) is 26.6. The van der Waals surface area contributed by atoms with Gasteiger partial charge in [-0.25, -0.2) is 17.2 Å². The van der Waals surface area contributed by atoms with Gasteiger partial charge in [-0.15, -0.1) is 0 Å². The Morgan fingerprint density at radius 3 is 2.29 bits per heavy atom. The molecule has 1 N–H and O–H groups in total. The Kier molecular flexibility index (Phi) is 8.82. The van der Waals surface area contributed by atoms with Crippen molar-refractivity contribution in [3.63, 3.8) is 0 Å². The van der Waals surface area contributed by atoms with Crippen molar-refractivity contribution >= 4 is 27.5 Å². The Morgan fingerprint density at radius 2 is 1.69 bits per heavy atom. The van der Waals surface area contributed by atoms with Crippen LogP contribution in [0.2, 0.25) is 0 Å². The fourth-order valence-corrected chi connectivity index (χ4v) is 5.02. The summed E-state index contributed by atoms with van der Waals surface area (Å²) in [4.78, 5) is 27.8. The van der Waals surface area contributed by atoms with Gasteiger partial charge >= 0.3 is 0 Å². The van der Waals surface area contributed by atoms with Crippen molar-refractivity contribution in [2.24, 2.45) is 0 Å². The summed E-state index contributed by atoms with van der Waals surface area (Å²) in [6, 6.07) is 9.56. The molecule has 1 saturated carbocycles. The lowest BCUT2D eigenvalue weighted by Crippen LogP contribution is -2.53. The summed E-state index contributed by atoms with van der Waals surface area (Å²) in [5, 5.41) is 3.00. The van der Waals surface area contributed by atoms with Crippen LogP contribution < -0.4 is 9.62 Å². The van der Waals surface area contributed by atoms with E-state index in [0.717, 1.165) is 48.7 Å². The molecule has 1 aliphatic rings. The van der Waals surface area contributed by atoms with Crippen LogP contribution in [0, 0.1) is 11.6 Å². The molecule has 1 aliphatic carbocycles. The third-order valence-electron chi connectivity index (χ3n) is 6.16. The van der Waals surface area contributed by atoms with Gasteiger partial charge in [0.05, 0.1) is 11.9 Å². The van der Waals surface area contributed by atoms with E-state index in [0.29, 0.717) is 5.56 Å². The van der Waals surface area contributed by atoms with Gasteiger partial charge in [0.2, 0.25) is 21.8 Å². The largest absolute Gasteiger partial charge is 0.352 e. The van der Waals surface area contributed by atoms with Crippen molar-refractivity contribution in [1.82, 2.24) is 10.2 Å². The molecule has 35 heavy (non-hydrogen) atoms. The van der Waals surface area contributed by atoms with Gasteiger partial charge in [-0.05, 0) is 55.7 Å². The smallest absolute Gasteiger partial charge is 0.244 e. The van der Waals surface area contributed by atoms with Crippen LogP contribution in [0.4, 0.5) is 14.5 Å². The highest BCUT2D eigenvalue weighted by Gasteiger charge is 2.31. The van der Waals surface area contributed by atoms with Crippen LogP contribution in [-0.4, -0.2) is 50.0 Å². The maximum atomic E-state index is 13.8. The molecule has 2 amide bonds. The van der Waals surface area contributed by atoms with E-state index in [1.165, 1.54) is 47.4 Å². The van der Waals surface area contributed by atoms with Crippen molar-refractivity contribution in [2.45, 2.75) is 57.7 Å². The minimum absolute atomic E-state index is 0.00175. The molecule has 0 radical (unpaired) electrons. The highest BCUT2D eigenvalue weighted by atomic mass is 32.2. The molecule has 1 atom stereocenters. The zero-order valence-corrected chi connectivity index (χ0v) is 20.7. The molecule has 190 valence electrons. The van der Waals surface area contributed by atoms with Crippen LogP contribution in [0.1, 0.15) is 44.6 Å². The number of nitrogens with one attached hydrogen (secondary N) is 1. The first-order valence-corrected chi connectivity index (χ1v) is 13.5. The average molecular weight is 508 g/mol. The monoisotopic (exact) mass is 507 g/mol. The topological polar surface area (TPSA) is 86.8 Å². The average Bonchev–Trinajstić information content (AvgIpc) is 2.81. The van der Waals surface area contributed by atoms with Gasteiger partial charge in [0.1, 0.15) is 24.2 Å². The van der Waals surface area contributed by atoms with Gasteiger partial charge in [-0.1, -0.05) is 37.5 Å². The standard InChI is InChI=1S/C25H31F2N3O4S/c1-18(25(32)28-22-8-4-3-5-9-22)29(16-19-11-13-20(26)14-12-19)24(31)17-30(35(2,33)34)23-10-6-7-21(27)15-23/h6-7,10-15,18,22H,3-5,8-9,16-17H2,1-2H3,(H,28,32)/t18-/m1/s1. The molecule has 0 heterocycles. The third kappa shape index (κ3) is 7.48. The molecule has 2 aromatic rings. The van der Waals surface area contributed by atoms with Crippen LogP contribution >= 0.6 is 0 Å².